The predicted octanol–water partition coefficient (Wildman–Crippen LogP) is 1.99. The topological polar surface area (TPSA) is 104 Å². The maximum Gasteiger partial charge on any atom is 0.325 e. The van der Waals surface area contributed by atoms with E-state index >= 15 is 0 Å². The summed E-state index contributed by atoms with van der Waals surface area (Å²) < 4.78 is 0. The zero-order valence-corrected chi connectivity index (χ0v) is 14.1. The number of hydrogen-bond acceptors (Lipinski definition) is 5. The fourth-order valence-corrected chi connectivity index (χ4v) is 3.16. The molecule has 0 unspecified atom stereocenters. The predicted molar refractivity (Wildman–Crippen MR) is 88.8 cm³/mol. The molecule has 0 bridgehead atoms. The Morgan fingerprint density at radius 2 is 1.96 bits per heavy atom. The van der Waals surface area contributed by atoms with Crippen molar-refractivity contribution in [3.63, 3.8) is 0 Å². The molecule has 0 spiro atoms. The summed E-state index contributed by atoms with van der Waals surface area (Å²) in [6.07, 6.45) is 0. The number of rotatable bonds is 3. The molecular weight excluding hydrogens is 314 g/mol. The Labute approximate surface area is 136 Å². The normalized spacial score (nSPS) is 11.8. The minimum atomic E-state index is -0.608. The molecule has 1 amide bonds. The minimum absolute atomic E-state index is 0.242. The van der Waals surface area contributed by atoms with Crippen LogP contribution in [0.25, 0.3) is 11.2 Å². The third-order valence-corrected chi connectivity index (χ3v) is 4.99. The van der Waals surface area contributed by atoms with Gasteiger partial charge in [0.2, 0.25) is 0 Å². The molecule has 8 heteroatoms. The van der Waals surface area contributed by atoms with Crippen LogP contribution >= 0.6 is 11.3 Å². The van der Waals surface area contributed by atoms with Crippen molar-refractivity contribution in [2.45, 2.75) is 33.2 Å². The highest BCUT2D eigenvalue weighted by atomic mass is 32.1. The lowest BCUT2D eigenvalue weighted by molar-refractivity contribution is 0.0907. The second-order valence-corrected chi connectivity index (χ2v) is 7.11. The Kier molecular flexibility index (Phi) is 3.56. The summed E-state index contributed by atoms with van der Waals surface area (Å²) in [5.41, 5.74) is 1.18. The number of fused-ring (bicyclic) bond motifs is 1. The van der Waals surface area contributed by atoms with Gasteiger partial charge in [-0.25, -0.2) is 14.8 Å². The molecule has 0 radical (unpaired) electrons. The van der Waals surface area contributed by atoms with Crippen LogP contribution in [-0.2, 0) is 5.54 Å². The molecule has 3 N–H and O–H groups in total. The highest BCUT2D eigenvalue weighted by Gasteiger charge is 2.28. The van der Waals surface area contributed by atoms with E-state index in [1.807, 2.05) is 27.7 Å². The third kappa shape index (κ3) is 2.89. The maximum absolute atomic E-state index is 12.5. The quantitative estimate of drug-likeness (QED) is 0.683. The van der Waals surface area contributed by atoms with Crippen LogP contribution in [0.3, 0.4) is 0 Å². The summed E-state index contributed by atoms with van der Waals surface area (Å²) in [5.74, 6) is -0.315. The number of carbonyl (C=O) groups is 1. The van der Waals surface area contributed by atoms with Crippen molar-refractivity contribution in [3.05, 3.63) is 43.9 Å². The Hall–Kier alpha value is -2.48. The van der Waals surface area contributed by atoms with Crippen molar-refractivity contribution in [1.82, 2.24) is 25.3 Å². The number of carbonyl (C=O) groups excluding carboxylic acids is 1. The maximum atomic E-state index is 12.5. The summed E-state index contributed by atoms with van der Waals surface area (Å²) in [7, 11) is 0. The van der Waals surface area contributed by atoms with Crippen molar-refractivity contribution in [1.29, 1.82) is 0 Å². The number of hydrogen-bond donors (Lipinski definition) is 3. The largest absolute Gasteiger partial charge is 0.339 e. The molecule has 7 nitrogen and oxygen atoms in total. The molecule has 120 valence electrons. The van der Waals surface area contributed by atoms with E-state index in [2.05, 4.69) is 25.3 Å². The number of thiazole rings is 1. The Morgan fingerprint density at radius 3 is 2.61 bits per heavy atom. The minimum Gasteiger partial charge on any atom is -0.339 e. The van der Waals surface area contributed by atoms with Gasteiger partial charge in [0.15, 0.2) is 5.65 Å². The monoisotopic (exact) mass is 331 g/mol. The van der Waals surface area contributed by atoms with E-state index in [4.69, 9.17) is 0 Å². The van der Waals surface area contributed by atoms with E-state index in [0.29, 0.717) is 11.2 Å². The Bertz CT molecular complexity index is 931. The molecule has 0 saturated heterocycles. The van der Waals surface area contributed by atoms with Gasteiger partial charge in [-0.3, -0.25) is 9.78 Å². The number of pyridine rings is 1. The molecule has 0 aliphatic carbocycles. The first-order valence-corrected chi connectivity index (χ1v) is 7.94. The average molecular weight is 331 g/mol. The molecule has 3 heterocycles. The third-order valence-electron chi connectivity index (χ3n) is 3.60. The number of amides is 1. The number of imidazole rings is 1. The van der Waals surface area contributed by atoms with E-state index < -0.39 is 5.54 Å². The highest BCUT2D eigenvalue weighted by Crippen LogP contribution is 2.27. The van der Waals surface area contributed by atoms with Crippen LogP contribution in [0, 0.1) is 13.8 Å². The standard InChI is InChI=1S/C15H17N5O2S/c1-7-8(2)23-13(16-7)15(3,4)20-12(21)10-6-5-9-11(17-10)19-14(22)18-9/h5-6H,1-4H3,(H,20,21)(H2,17,18,19,22). The van der Waals surface area contributed by atoms with Gasteiger partial charge in [-0.1, -0.05) is 0 Å². The van der Waals surface area contributed by atoms with Gasteiger partial charge in [0, 0.05) is 4.88 Å². The van der Waals surface area contributed by atoms with Crippen molar-refractivity contribution in [2.75, 3.05) is 0 Å². The average Bonchev–Trinajstić information content (AvgIpc) is 3.00. The second kappa shape index (κ2) is 5.31. The molecule has 3 aromatic rings. The number of aryl methyl sites for hydroxylation is 2. The van der Waals surface area contributed by atoms with Crippen molar-refractivity contribution < 1.29 is 4.79 Å². The summed E-state index contributed by atoms with van der Waals surface area (Å²) >= 11 is 1.57. The lowest BCUT2D eigenvalue weighted by atomic mass is 10.1. The van der Waals surface area contributed by atoms with Crippen LogP contribution in [0.1, 0.15) is 39.9 Å². The van der Waals surface area contributed by atoms with Gasteiger partial charge < -0.3 is 10.3 Å². The number of aromatic nitrogens is 4. The Morgan fingerprint density at radius 1 is 1.22 bits per heavy atom. The molecule has 0 aliphatic heterocycles. The van der Waals surface area contributed by atoms with Gasteiger partial charge in [0.25, 0.3) is 5.91 Å². The van der Waals surface area contributed by atoms with E-state index in [1.54, 1.807) is 23.5 Å². The summed E-state index contributed by atoms with van der Waals surface area (Å²) in [6, 6.07) is 3.23. The van der Waals surface area contributed by atoms with Crippen LogP contribution < -0.4 is 11.0 Å². The molecule has 0 aliphatic rings. The molecule has 0 aromatic carbocycles. The van der Waals surface area contributed by atoms with Gasteiger partial charge in [-0.2, -0.15) is 0 Å². The molecule has 3 rings (SSSR count). The molecule has 23 heavy (non-hydrogen) atoms. The van der Waals surface area contributed by atoms with Gasteiger partial charge in [0.05, 0.1) is 16.7 Å². The van der Waals surface area contributed by atoms with Crippen LogP contribution in [0.2, 0.25) is 0 Å². The SMILES string of the molecule is Cc1nc(C(C)(C)NC(=O)c2ccc3[nH]c(=O)[nH]c3n2)sc1C. The van der Waals surface area contributed by atoms with Gasteiger partial charge in [0.1, 0.15) is 10.7 Å². The van der Waals surface area contributed by atoms with Crippen molar-refractivity contribution in [3.8, 4) is 0 Å². The zero-order chi connectivity index (χ0) is 16.8. The first-order valence-electron chi connectivity index (χ1n) is 7.12. The van der Waals surface area contributed by atoms with E-state index in [-0.39, 0.29) is 17.3 Å². The number of nitrogens with zero attached hydrogens (tertiary/aromatic N) is 2. The second-order valence-electron chi connectivity index (χ2n) is 5.91. The molecule has 3 aromatic heterocycles. The lowest BCUT2D eigenvalue weighted by Crippen LogP contribution is -2.41. The van der Waals surface area contributed by atoms with Crippen molar-refractivity contribution >= 4 is 28.4 Å². The van der Waals surface area contributed by atoms with Crippen LogP contribution in [0.4, 0.5) is 0 Å². The van der Waals surface area contributed by atoms with Crippen LogP contribution in [-0.4, -0.2) is 25.8 Å². The van der Waals surface area contributed by atoms with E-state index in [9.17, 15) is 9.59 Å². The first-order chi connectivity index (χ1) is 10.8. The Balaban J connectivity index is 1.88. The molecular formula is C15H17N5O2S. The summed E-state index contributed by atoms with van der Waals surface area (Å²) in [4.78, 5) is 38.7. The van der Waals surface area contributed by atoms with Gasteiger partial charge in [-0.15, -0.1) is 11.3 Å². The fraction of sp³-hybridized carbons (Fsp3) is 0.333. The highest BCUT2D eigenvalue weighted by molar-refractivity contribution is 7.11. The van der Waals surface area contributed by atoms with Gasteiger partial charge in [-0.05, 0) is 39.8 Å². The molecule has 0 fully saturated rings. The fourth-order valence-electron chi connectivity index (χ4n) is 2.18. The van der Waals surface area contributed by atoms with E-state index in [1.165, 1.54) is 0 Å². The summed E-state index contributed by atoms with van der Waals surface area (Å²) in [6.45, 7) is 7.76. The van der Waals surface area contributed by atoms with Crippen molar-refractivity contribution in [2.24, 2.45) is 0 Å². The van der Waals surface area contributed by atoms with E-state index in [0.717, 1.165) is 15.6 Å². The number of aromatic amines is 2. The molecule has 0 atom stereocenters. The van der Waals surface area contributed by atoms with Crippen LogP contribution in [0.5, 0.6) is 0 Å². The lowest BCUT2D eigenvalue weighted by Gasteiger charge is -2.23. The van der Waals surface area contributed by atoms with Gasteiger partial charge >= 0.3 is 5.69 Å². The molecule has 0 saturated carbocycles. The number of nitrogens with one attached hydrogen (secondary N) is 3. The number of H-pyrrole nitrogens is 2. The smallest absolute Gasteiger partial charge is 0.325 e. The first kappa shape index (κ1) is 15.4. The zero-order valence-electron chi connectivity index (χ0n) is 13.3. The summed E-state index contributed by atoms with van der Waals surface area (Å²) in [5, 5.41) is 3.79. The van der Waals surface area contributed by atoms with Crippen LogP contribution in [0.15, 0.2) is 16.9 Å².